The Kier molecular flexibility index (Phi) is 7.21. The van der Waals surface area contributed by atoms with E-state index in [1.807, 2.05) is 23.1 Å². The molecule has 1 saturated carbocycles. The molecule has 2 aromatic rings. The maximum Gasteiger partial charge on any atom is 0.250 e. The van der Waals surface area contributed by atoms with Crippen molar-refractivity contribution in [3.8, 4) is 11.5 Å². The van der Waals surface area contributed by atoms with Crippen molar-refractivity contribution >= 4 is 11.8 Å². The van der Waals surface area contributed by atoms with Gasteiger partial charge in [0.05, 0.1) is 14.2 Å². The summed E-state index contributed by atoms with van der Waals surface area (Å²) in [5.41, 5.74) is 3.12. The predicted molar refractivity (Wildman–Crippen MR) is 127 cm³/mol. The summed E-state index contributed by atoms with van der Waals surface area (Å²) in [5, 5.41) is 0. The van der Waals surface area contributed by atoms with Gasteiger partial charge in [0.2, 0.25) is 5.91 Å². The van der Waals surface area contributed by atoms with Crippen LogP contribution in [0.1, 0.15) is 54.8 Å². The van der Waals surface area contributed by atoms with E-state index in [-0.39, 0.29) is 24.4 Å². The topological polar surface area (TPSA) is 59.1 Å². The van der Waals surface area contributed by atoms with Gasteiger partial charge in [-0.2, -0.15) is 0 Å². The third-order valence-electron chi connectivity index (χ3n) is 6.96. The number of carbonyl (C=O) groups excluding carboxylic acids is 2. The lowest BCUT2D eigenvalue weighted by atomic mass is 9.91. The van der Waals surface area contributed by atoms with Crippen LogP contribution in [0.25, 0.3) is 0 Å². The number of benzene rings is 2. The summed E-state index contributed by atoms with van der Waals surface area (Å²) in [4.78, 5) is 30.8. The molecule has 2 aliphatic rings. The summed E-state index contributed by atoms with van der Waals surface area (Å²) in [7, 11) is 3.17. The SMILES string of the molecule is COc1ccc([C@H]2C(=O)N(C3CCCCC3)CC(=O)N2CCc2ccc(C)cc2)cc1OC. The molecule has 1 atom stereocenters. The van der Waals surface area contributed by atoms with Crippen molar-refractivity contribution in [2.75, 3.05) is 27.3 Å². The molecule has 1 saturated heterocycles. The average molecular weight is 451 g/mol. The molecule has 4 rings (SSSR count). The number of aryl methyl sites for hydroxylation is 1. The van der Waals surface area contributed by atoms with E-state index in [0.717, 1.165) is 36.8 Å². The largest absolute Gasteiger partial charge is 0.493 e. The molecule has 6 heteroatoms. The van der Waals surface area contributed by atoms with Crippen LogP contribution in [-0.4, -0.2) is 55.0 Å². The predicted octanol–water partition coefficient (Wildman–Crippen LogP) is 4.30. The van der Waals surface area contributed by atoms with E-state index in [0.29, 0.717) is 24.5 Å². The van der Waals surface area contributed by atoms with Crippen LogP contribution in [0.2, 0.25) is 0 Å². The monoisotopic (exact) mass is 450 g/mol. The summed E-state index contributed by atoms with van der Waals surface area (Å²) in [5.74, 6) is 1.18. The minimum absolute atomic E-state index is 0.00655. The fraction of sp³-hybridized carbons (Fsp3) is 0.481. The number of carbonyl (C=O) groups is 2. The normalized spacial score (nSPS) is 19.7. The molecule has 6 nitrogen and oxygen atoms in total. The number of ether oxygens (including phenoxy) is 2. The fourth-order valence-corrected chi connectivity index (χ4v) is 5.05. The number of piperazine rings is 1. The van der Waals surface area contributed by atoms with Crippen LogP contribution < -0.4 is 9.47 Å². The van der Waals surface area contributed by atoms with Crippen LogP contribution in [0.3, 0.4) is 0 Å². The third kappa shape index (κ3) is 5.00. The highest BCUT2D eigenvalue weighted by atomic mass is 16.5. The van der Waals surface area contributed by atoms with E-state index in [1.165, 1.54) is 12.0 Å². The molecule has 2 fully saturated rings. The van der Waals surface area contributed by atoms with Crippen LogP contribution >= 0.6 is 0 Å². The minimum Gasteiger partial charge on any atom is -0.493 e. The van der Waals surface area contributed by atoms with E-state index in [2.05, 4.69) is 31.2 Å². The van der Waals surface area contributed by atoms with Gasteiger partial charge in [-0.05, 0) is 49.4 Å². The van der Waals surface area contributed by atoms with Gasteiger partial charge in [0, 0.05) is 12.6 Å². The van der Waals surface area contributed by atoms with Crippen molar-refractivity contribution in [2.45, 2.75) is 57.5 Å². The quantitative estimate of drug-likeness (QED) is 0.631. The second kappa shape index (κ2) is 10.3. The molecule has 0 spiro atoms. The van der Waals surface area contributed by atoms with Gasteiger partial charge < -0.3 is 19.3 Å². The Morgan fingerprint density at radius 3 is 2.27 bits per heavy atom. The molecule has 2 amide bonds. The lowest BCUT2D eigenvalue weighted by Gasteiger charge is -2.44. The molecule has 1 aliphatic heterocycles. The average Bonchev–Trinajstić information content (AvgIpc) is 2.85. The van der Waals surface area contributed by atoms with E-state index < -0.39 is 6.04 Å². The highest BCUT2D eigenvalue weighted by Gasteiger charge is 2.43. The lowest BCUT2D eigenvalue weighted by Crippen LogP contribution is -2.58. The van der Waals surface area contributed by atoms with Crippen molar-refractivity contribution in [1.82, 2.24) is 9.80 Å². The van der Waals surface area contributed by atoms with Gasteiger partial charge in [0.1, 0.15) is 12.6 Å². The van der Waals surface area contributed by atoms with E-state index in [4.69, 9.17) is 9.47 Å². The Bertz CT molecular complexity index is 982. The molecule has 176 valence electrons. The summed E-state index contributed by atoms with van der Waals surface area (Å²) in [6.45, 7) is 2.72. The Morgan fingerprint density at radius 1 is 0.909 bits per heavy atom. The molecule has 0 unspecified atom stereocenters. The standard InChI is InChI=1S/C27H34N2O4/c1-19-9-11-20(12-10-19)15-16-28-25(30)18-29(22-7-5-4-6-8-22)27(31)26(28)21-13-14-23(32-2)24(17-21)33-3/h9-14,17,22,26H,4-8,15-16,18H2,1-3H3/t26-/m0/s1. The Morgan fingerprint density at radius 2 is 1.61 bits per heavy atom. The molecular weight excluding hydrogens is 416 g/mol. The molecule has 0 radical (unpaired) electrons. The summed E-state index contributed by atoms with van der Waals surface area (Å²) >= 11 is 0. The van der Waals surface area contributed by atoms with Crippen LogP contribution in [0.5, 0.6) is 11.5 Å². The molecular formula is C27H34N2O4. The van der Waals surface area contributed by atoms with Gasteiger partial charge in [-0.15, -0.1) is 0 Å². The Labute approximate surface area is 196 Å². The molecule has 0 N–H and O–H groups in total. The highest BCUT2D eigenvalue weighted by molar-refractivity contribution is 5.96. The van der Waals surface area contributed by atoms with Gasteiger partial charge in [-0.3, -0.25) is 9.59 Å². The molecule has 0 aromatic heterocycles. The van der Waals surface area contributed by atoms with Crippen LogP contribution in [-0.2, 0) is 16.0 Å². The number of amides is 2. The van der Waals surface area contributed by atoms with Crippen LogP contribution in [0, 0.1) is 6.92 Å². The third-order valence-corrected chi connectivity index (χ3v) is 6.96. The van der Waals surface area contributed by atoms with Gasteiger partial charge in [-0.1, -0.05) is 55.2 Å². The molecule has 33 heavy (non-hydrogen) atoms. The second-order valence-electron chi connectivity index (χ2n) is 9.10. The number of methoxy groups -OCH3 is 2. The van der Waals surface area contributed by atoms with Crippen molar-refractivity contribution in [3.05, 3.63) is 59.2 Å². The fourth-order valence-electron chi connectivity index (χ4n) is 5.05. The van der Waals surface area contributed by atoms with Crippen molar-refractivity contribution in [1.29, 1.82) is 0 Å². The van der Waals surface area contributed by atoms with Gasteiger partial charge in [0.15, 0.2) is 11.5 Å². The summed E-state index contributed by atoms with van der Waals surface area (Å²) in [6.07, 6.45) is 6.07. The maximum absolute atomic E-state index is 13.9. The van der Waals surface area contributed by atoms with Crippen molar-refractivity contribution in [3.63, 3.8) is 0 Å². The molecule has 1 heterocycles. The van der Waals surface area contributed by atoms with E-state index >= 15 is 0 Å². The van der Waals surface area contributed by atoms with Crippen LogP contribution in [0.15, 0.2) is 42.5 Å². The molecule has 2 aromatic carbocycles. The first-order valence-corrected chi connectivity index (χ1v) is 11.9. The summed E-state index contributed by atoms with van der Waals surface area (Å²) < 4.78 is 10.9. The van der Waals surface area contributed by atoms with Crippen molar-refractivity contribution < 1.29 is 19.1 Å². The number of nitrogens with zero attached hydrogens (tertiary/aromatic N) is 2. The maximum atomic E-state index is 13.9. The first-order valence-electron chi connectivity index (χ1n) is 11.9. The van der Waals surface area contributed by atoms with Gasteiger partial charge in [0.25, 0.3) is 5.91 Å². The van der Waals surface area contributed by atoms with Gasteiger partial charge in [-0.25, -0.2) is 0 Å². The zero-order valence-electron chi connectivity index (χ0n) is 19.9. The first-order chi connectivity index (χ1) is 16.0. The lowest BCUT2D eigenvalue weighted by molar-refractivity contribution is -0.159. The molecule has 0 bridgehead atoms. The first kappa shape index (κ1) is 23.1. The van der Waals surface area contributed by atoms with Crippen molar-refractivity contribution in [2.24, 2.45) is 0 Å². The highest BCUT2D eigenvalue weighted by Crippen LogP contribution is 2.36. The Hall–Kier alpha value is -3.02. The Balaban J connectivity index is 1.65. The zero-order chi connectivity index (χ0) is 23.4. The number of rotatable bonds is 7. The second-order valence-corrected chi connectivity index (χ2v) is 9.10. The zero-order valence-corrected chi connectivity index (χ0v) is 19.9. The minimum atomic E-state index is -0.654. The molecule has 1 aliphatic carbocycles. The van der Waals surface area contributed by atoms with E-state index in [9.17, 15) is 9.59 Å². The van der Waals surface area contributed by atoms with E-state index in [1.54, 1.807) is 19.1 Å². The summed E-state index contributed by atoms with van der Waals surface area (Å²) in [6, 6.07) is 13.3. The van der Waals surface area contributed by atoms with Gasteiger partial charge >= 0.3 is 0 Å². The number of hydrogen-bond acceptors (Lipinski definition) is 4. The number of hydrogen-bond donors (Lipinski definition) is 0. The smallest absolute Gasteiger partial charge is 0.250 e. The van der Waals surface area contributed by atoms with Crippen LogP contribution in [0.4, 0.5) is 0 Å².